The smallest absolute Gasteiger partial charge is 0.414 e. The summed E-state index contributed by atoms with van der Waals surface area (Å²) in [5.41, 5.74) is 3.33. The van der Waals surface area contributed by atoms with Gasteiger partial charge in [0.2, 0.25) is 5.95 Å². The van der Waals surface area contributed by atoms with Crippen LogP contribution in [-0.4, -0.2) is 52.0 Å². The molecule has 2 aromatic carbocycles. The third-order valence-electron chi connectivity index (χ3n) is 4.36. The zero-order chi connectivity index (χ0) is 24.2. The molecule has 0 spiro atoms. The number of carboxylic acid groups (broad SMARTS) is 2. The van der Waals surface area contributed by atoms with Crippen LogP contribution in [0, 0.1) is 0 Å². The van der Waals surface area contributed by atoms with Gasteiger partial charge in [-0.05, 0) is 48.9 Å². The predicted molar refractivity (Wildman–Crippen MR) is 127 cm³/mol. The predicted octanol–water partition coefficient (Wildman–Crippen LogP) is 4.13. The van der Waals surface area contributed by atoms with Gasteiger partial charge in [-0.3, -0.25) is 0 Å². The number of nitrogens with zero attached hydrogens (tertiary/aromatic N) is 2. The number of carboxylic acids is 2. The quantitative estimate of drug-likeness (QED) is 0.360. The molecule has 33 heavy (non-hydrogen) atoms. The van der Waals surface area contributed by atoms with E-state index in [1.165, 1.54) is 5.56 Å². The summed E-state index contributed by atoms with van der Waals surface area (Å²) < 4.78 is 14.0. The molecule has 0 atom stereocenters. The zero-order valence-corrected chi connectivity index (χ0v) is 19.9. The Balaban J connectivity index is 0.000000569. The Kier molecular flexibility index (Phi) is 10.4. The minimum atomic E-state index is -1.82. The van der Waals surface area contributed by atoms with Crippen LogP contribution in [-0.2, 0) is 27.4 Å². The van der Waals surface area contributed by atoms with Crippen LogP contribution in [0.1, 0.15) is 12.5 Å². The molecule has 0 amide bonds. The lowest BCUT2D eigenvalue weighted by molar-refractivity contribution is -0.159. The van der Waals surface area contributed by atoms with Crippen LogP contribution < -0.4 is 10.1 Å². The number of aliphatic carboxylic acids is 2. The summed E-state index contributed by atoms with van der Waals surface area (Å²) in [6.45, 7) is 4.68. The maximum atomic E-state index is 9.10. The maximum Gasteiger partial charge on any atom is 0.414 e. The third-order valence-corrected chi connectivity index (χ3v) is 4.85. The number of halogens is 1. The van der Waals surface area contributed by atoms with Crippen molar-refractivity contribution in [3.05, 3.63) is 64.8 Å². The van der Waals surface area contributed by atoms with Crippen LogP contribution in [0.4, 0.5) is 5.95 Å². The summed E-state index contributed by atoms with van der Waals surface area (Å²) in [4.78, 5) is 22.8. The first kappa shape index (κ1) is 25.9. The number of imidazole rings is 1. The minimum Gasteiger partial charge on any atom is -0.494 e. The molecule has 10 heteroatoms. The second-order valence-electron chi connectivity index (χ2n) is 6.66. The van der Waals surface area contributed by atoms with Crippen LogP contribution in [0.5, 0.6) is 5.75 Å². The van der Waals surface area contributed by atoms with Gasteiger partial charge in [0.25, 0.3) is 0 Å². The molecule has 1 aromatic heterocycles. The van der Waals surface area contributed by atoms with Crippen molar-refractivity contribution in [2.24, 2.45) is 0 Å². The molecule has 3 rings (SSSR count). The molecule has 0 aliphatic carbocycles. The highest BCUT2D eigenvalue weighted by molar-refractivity contribution is 9.10. The number of rotatable bonds is 9. The molecule has 0 fully saturated rings. The average molecular weight is 520 g/mol. The Hall–Kier alpha value is -3.37. The first-order valence-corrected chi connectivity index (χ1v) is 10.9. The standard InChI is InChI=1S/C21H24BrN3O2.C2H2O4/c1-3-27-19-9-7-17(8-10-19)20-15-24-21(25(20)11-12-26-2)23-14-16-5-4-6-18(22)13-16;3-1(4)2(5)6/h4-10,13,15H,3,11-12,14H2,1-2H3,(H,23,24);(H,3,4)(H,5,6). The number of anilines is 1. The maximum absolute atomic E-state index is 9.10. The van der Waals surface area contributed by atoms with Crippen molar-refractivity contribution in [2.45, 2.75) is 20.0 Å². The van der Waals surface area contributed by atoms with Gasteiger partial charge in [0.15, 0.2) is 0 Å². The van der Waals surface area contributed by atoms with Gasteiger partial charge in [0.1, 0.15) is 5.75 Å². The van der Waals surface area contributed by atoms with Gasteiger partial charge >= 0.3 is 11.9 Å². The van der Waals surface area contributed by atoms with E-state index >= 15 is 0 Å². The number of carbonyl (C=O) groups is 2. The number of benzene rings is 2. The first-order chi connectivity index (χ1) is 15.8. The molecular weight excluding hydrogens is 494 g/mol. The molecule has 3 N–H and O–H groups in total. The Bertz CT molecular complexity index is 1040. The van der Waals surface area contributed by atoms with E-state index in [9.17, 15) is 0 Å². The fourth-order valence-electron chi connectivity index (χ4n) is 2.87. The molecule has 0 radical (unpaired) electrons. The van der Waals surface area contributed by atoms with E-state index in [-0.39, 0.29) is 0 Å². The number of aromatic nitrogens is 2. The molecule has 0 saturated heterocycles. The lowest BCUT2D eigenvalue weighted by Gasteiger charge is -2.13. The van der Waals surface area contributed by atoms with Crippen molar-refractivity contribution in [2.75, 3.05) is 25.6 Å². The fourth-order valence-corrected chi connectivity index (χ4v) is 3.32. The second-order valence-corrected chi connectivity index (χ2v) is 7.58. The molecule has 1 heterocycles. The van der Waals surface area contributed by atoms with Gasteiger partial charge in [-0.15, -0.1) is 0 Å². The zero-order valence-electron chi connectivity index (χ0n) is 18.3. The van der Waals surface area contributed by atoms with Gasteiger partial charge in [-0.25, -0.2) is 14.6 Å². The molecule has 0 unspecified atom stereocenters. The SMILES string of the molecule is CCOc1ccc(-c2cnc(NCc3cccc(Br)c3)n2CCOC)cc1.O=C(O)C(=O)O. The summed E-state index contributed by atoms with van der Waals surface area (Å²) in [5, 5.41) is 18.2. The lowest BCUT2D eigenvalue weighted by atomic mass is 10.1. The molecule has 0 aliphatic heterocycles. The molecule has 176 valence electrons. The van der Waals surface area contributed by atoms with Crippen molar-refractivity contribution < 1.29 is 29.3 Å². The third kappa shape index (κ3) is 8.24. The summed E-state index contributed by atoms with van der Waals surface area (Å²) in [5.74, 6) is -1.95. The van der Waals surface area contributed by atoms with Crippen LogP contribution in [0.25, 0.3) is 11.3 Å². The van der Waals surface area contributed by atoms with Gasteiger partial charge in [-0.1, -0.05) is 28.1 Å². The van der Waals surface area contributed by atoms with Crippen LogP contribution >= 0.6 is 15.9 Å². The number of ether oxygens (including phenoxy) is 2. The molecule has 0 bridgehead atoms. The molecule has 0 saturated carbocycles. The molecule has 0 aliphatic rings. The first-order valence-electron chi connectivity index (χ1n) is 10.1. The van der Waals surface area contributed by atoms with Gasteiger partial charge in [-0.2, -0.15) is 0 Å². The van der Waals surface area contributed by atoms with E-state index in [2.05, 4.69) is 55.1 Å². The Labute approximate surface area is 200 Å². The van der Waals surface area contributed by atoms with E-state index in [1.54, 1.807) is 7.11 Å². The monoisotopic (exact) mass is 519 g/mol. The van der Waals surface area contributed by atoms with Gasteiger partial charge < -0.3 is 29.6 Å². The highest BCUT2D eigenvalue weighted by Crippen LogP contribution is 2.26. The summed E-state index contributed by atoms with van der Waals surface area (Å²) in [7, 11) is 1.71. The van der Waals surface area contributed by atoms with Crippen LogP contribution in [0.2, 0.25) is 0 Å². The van der Waals surface area contributed by atoms with E-state index in [0.29, 0.717) is 19.8 Å². The molecule has 9 nitrogen and oxygen atoms in total. The number of hydrogen-bond acceptors (Lipinski definition) is 6. The Morgan fingerprint density at radius 3 is 2.39 bits per heavy atom. The summed E-state index contributed by atoms with van der Waals surface area (Å²) in [6, 6.07) is 16.3. The van der Waals surface area contributed by atoms with Crippen molar-refractivity contribution in [3.8, 4) is 17.0 Å². The second kappa shape index (κ2) is 13.2. The van der Waals surface area contributed by atoms with E-state index < -0.39 is 11.9 Å². The Morgan fingerprint density at radius 1 is 1.12 bits per heavy atom. The highest BCUT2D eigenvalue weighted by atomic mass is 79.9. The molecule has 3 aromatic rings. The number of hydrogen-bond donors (Lipinski definition) is 3. The van der Waals surface area contributed by atoms with E-state index in [1.807, 2.05) is 37.4 Å². The van der Waals surface area contributed by atoms with Crippen molar-refractivity contribution in [1.82, 2.24) is 9.55 Å². The average Bonchev–Trinajstić information content (AvgIpc) is 3.20. The number of nitrogens with one attached hydrogen (secondary N) is 1. The fraction of sp³-hybridized carbons (Fsp3) is 0.261. The molecular formula is C23H26BrN3O6. The lowest BCUT2D eigenvalue weighted by Crippen LogP contribution is -2.11. The largest absolute Gasteiger partial charge is 0.494 e. The summed E-state index contributed by atoms with van der Waals surface area (Å²) in [6.07, 6.45) is 1.90. The van der Waals surface area contributed by atoms with Crippen molar-refractivity contribution >= 4 is 33.8 Å². The van der Waals surface area contributed by atoms with Gasteiger partial charge in [0, 0.05) is 30.2 Å². The minimum absolute atomic E-state index is 0.617. The van der Waals surface area contributed by atoms with Crippen molar-refractivity contribution in [1.29, 1.82) is 0 Å². The van der Waals surface area contributed by atoms with Crippen molar-refractivity contribution in [3.63, 3.8) is 0 Å². The number of methoxy groups -OCH3 is 1. The van der Waals surface area contributed by atoms with Gasteiger partial charge in [0.05, 0.1) is 25.1 Å². The Morgan fingerprint density at radius 2 is 1.82 bits per heavy atom. The van der Waals surface area contributed by atoms with E-state index in [0.717, 1.165) is 34.0 Å². The van der Waals surface area contributed by atoms with Crippen LogP contribution in [0.15, 0.2) is 59.2 Å². The van der Waals surface area contributed by atoms with Crippen LogP contribution in [0.3, 0.4) is 0 Å². The van der Waals surface area contributed by atoms with E-state index in [4.69, 9.17) is 29.3 Å². The normalized spacial score (nSPS) is 10.2. The summed E-state index contributed by atoms with van der Waals surface area (Å²) >= 11 is 3.51. The topological polar surface area (TPSA) is 123 Å². The highest BCUT2D eigenvalue weighted by Gasteiger charge is 2.12.